The van der Waals surface area contributed by atoms with Gasteiger partial charge in [0.1, 0.15) is 24.7 Å². The lowest BCUT2D eigenvalue weighted by atomic mass is 10.0. The lowest BCUT2D eigenvalue weighted by Gasteiger charge is -2.28. The van der Waals surface area contributed by atoms with Crippen molar-refractivity contribution in [1.82, 2.24) is 36.5 Å². The predicted octanol–water partition coefficient (Wildman–Crippen LogP) is 0.0447. The SMILES string of the molecule is NCCCC[C@H](NC(=O)[C@H](CCCCN)NC(=O)[C@@H](N)Cc1c[nH]c2ccccc12)C(=O)N[C@@H](CCCCN)C(=O)N(CC(=O)O)C(=O)CCCC[C@@H]1SC[C@@H]2NC(=O)N[C@@H]21. The molecular weight excluding hydrogens is 807 g/mol. The number of aromatic amines is 1. The first-order chi connectivity index (χ1) is 29.4. The van der Waals surface area contributed by atoms with Gasteiger partial charge in [-0.25, -0.2) is 4.79 Å². The van der Waals surface area contributed by atoms with E-state index in [-0.39, 0.29) is 55.5 Å². The first kappa shape index (κ1) is 48.9. The van der Waals surface area contributed by atoms with Gasteiger partial charge in [0.2, 0.25) is 23.6 Å². The highest BCUT2D eigenvalue weighted by Crippen LogP contribution is 2.33. The topological polar surface area (TPSA) is 323 Å². The molecule has 1 aromatic carbocycles. The fourth-order valence-electron chi connectivity index (χ4n) is 7.74. The molecule has 3 heterocycles. The molecular formula is C41H65N11O8S. The summed E-state index contributed by atoms with van der Waals surface area (Å²) in [4.78, 5) is 96.5. The van der Waals surface area contributed by atoms with E-state index in [9.17, 15) is 38.7 Å². The average molecular weight is 872 g/mol. The highest BCUT2D eigenvalue weighted by atomic mass is 32.2. The van der Waals surface area contributed by atoms with Gasteiger partial charge in [0, 0.05) is 34.5 Å². The number of urea groups is 1. The number of benzene rings is 1. The monoisotopic (exact) mass is 871 g/mol. The molecule has 0 radical (unpaired) electrons. The number of fused-ring (bicyclic) bond motifs is 2. The van der Waals surface area contributed by atoms with Crippen molar-refractivity contribution < 1.29 is 38.7 Å². The number of nitrogens with zero attached hydrogens (tertiary/aromatic N) is 1. The van der Waals surface area contributed by atoms with E-state index in [1.54, 1.807) is 18.0 Å². The number of aliphatic carboxylic acids is 1. The molecule has 338 valence electrons. The van der Waals surface area contributed by atoms with Crippen LogP contribution in [-0.4, -0.2) is 130 Å². The zero-order valence-electron chi connectivity index (χ0n) is 34.8. The molecule has 0 spiro atoms. The first-order valence-electron chi connectivity index (χ1n) is 21.4. The Morgan fingerprint density at radius 3 is 2.00 bits per heavy atom. The molecule has 1 aromatic heterocycles. The third-order valence-corrected chi connectivity index (χ3v) is 12.6. The molecule has 4 rings (SSSR count). The third-order valence-electron chi connectivity index (χ3n) is 11.1. The van der Waals surface area contributed by atoms with Crippen LogP contribution >= 0.6 is 11.8 Å². The molecule has 7 amide bonds. The molecule has 20 heteroatoms. The second-order valence-electron chi connectivity index (χ2n) is 15.8. The van der Waals surface area contributed by atoms with Crippen LogP contribution in [0, 0.1) is 0 Å². The Hall–Kier alpha value is -4.76. The Morgan fingerprint density at radius 1 is 0.787 bits per heavy atom. The Kier molecular flexibility index (Phi) is 20.2. The fourth-order valence-corrected chi connectivity index (χ4v) is 9.28. The van der Waals surface area contributed by atoms with Crippen molar-refractivity contribution in [3.8, 4) is 0 Å². The van der Waals surface area contributed by atoms with Gasteiger partial charge in [-0.05, 0) is 108 Å². The molecule has 2 saturated heterocycles. The molecule has 2 fully saturated rings. The smallest absolute Gasteiger partial charge is 0.323 e. The Morgan fingerprint density at radius 2 is 1.38 bits per heavy atom. The van der Waals surface area contributed by atoms with Crippen molar-refractivity contribution in [1.29, 1.82) is 0 Å². The van der Waals surface area contributed by atoms with Crippen LogP contribution in [-0.2, 0) is 35.2 Å². The lowest BCUT2D eigenvalue weighted by molar-refractivity contribution is -0.154. The van der Waals surface area contributed by atoms with Crippen molar-refractivity contribution in [3.63, 3.8) is 0 Å². The van der Waals surface area contributed by atoms with Crippen molar-refractivity contribution in [2.75, 3.05) is 31.9 Å². The molecule has 0 aliphatic carbocycles. The number of rotatable bonds is 28. The number of hydrogen-bond acceptors (Lipinski definition) is 12. The van der Waals surface area contributed by atoms with Crippen LogP contribution in [0.5, 0.6) is 0 Å². The number of imide groups is 1. The van der Waals surface area contributed by atoms with Gasteiger partial charge in [0.25, 0.3) is 5.91 Å². The summed E-state index contributed by atoms with van der Waals surface area (Å²) in [6.07, 6.45) is 6.95. The molecule has 15 N–H and O–H groups in total. The van der Waals surface area contributed by atoms with E-state index >= 15 is 0 Å². The first-order valence-corrected chi connectivity index (χ1v) is 22.5. The van der Waals surface area contributed by atoms with E-state index in [1.807, 2.05) is 24.3 Å². The minimum Gasteiger partial charge on any atom is -0.480 e. The number of unbranched alkanes of at least 4 members (excludes halogenated alkanes) is 4. The summed E-state index contributed by atoms with van der Waals surface area (Å²) in [6, 6.07) is 2.96. The second kappa shape index (κ2) is 25.2. The Balaban J connectivity index is 1.44. The summed E-state index contributed by atoms with van der Waals surface area (Å²) in [5.74, 6) is -4.09. The highest BCUT2D eigenvalue weighted by Gasteiger charge is 2.42. The largest absolute Gasteiger partial charge is 0.480 e. The van der Waals surface area contributed by atoms with Gasteiger partial charge in [-0.1, -0.05) is 24.6 Å². The van der Waals surface area contributed by atoms with E-state index in [1.165, 1.54) is 0 Å². The average Bonchev–Trinajstić information content (AvgIpc) is 3.94. The van der Waals surface area contributed by atoms with E-state index in [0.717, 1.165) is 28.6 Å². The van der Waals surface area contributed by atoms with Gasteiger partial charge in [-0.3, -0.25) is 33.7 Å². The summed E-state index contributed by atoms with van der Waals surface area (Å²) < 4.78 is 0. The number of carbonyl (C=O) groups is 7. The van der Waals surface area contributed by atoms with Crippen LogP contribution < -0.4 is 49.5 Å². The summed E-state index contributed by atoms with van der Waals surface area (Å²) in [7, 11) is 0. The van der Waals surface area contributed by atoms with Gasteiger partial charge in [-0.15, -0.1) is 0 Å². The minimum atomic E-state index is -1.40. The summed E-state index contributed by atoms with van der Waals surface area (Å²) in [5.41, 5.74) is 25.3. The minimum absolute atomic E-state index is 0.000704. The van der Waals surface area contributed by atoms with Crippen LogP contribution in [0.4, 0.5) is 4.79 Å². The molecule has 0 saturated carbocycles. The summed E-state index contributed by atoms with van der Waals surface area (Å²) >= 11 is 1.74. The molecule has 2 aromatic rings. The van der Waals surface area contributed by atoms with Crippen molar-refractivity contribution in [2.24, 2.45) is 22.9 Å². The van der Waals surface area contributed by atoms with Crippen molar-refractivity contribution in [3.05, 3.63) is 36.0 Å². The normalized spacial score (nSPS) is 18.9. The summed E-state index contributed by atoms with van der Waals surface area (Å²) in [6.45, 7) is 0.0970. The molecule has 7 atom stereocenters. The van der Waals surface area contributed by atoms with E-state index in [4.69, 9.17) is 22.9 Å². The molecule has 19 nitrogen and oxygen atoms in total. The number of para-hydroxylation sites is 1. The molecule has 0 bridgehead atoms. The van der Waals surface area contributed by atoms with Crippen LogP contribution in [0.3, 0.4) is 0 Å². The number of carboxylic acid groups (broad SMARTS) is 1. The molecule has 0 unspecified atom stereocenters. The number of nitrogens with one attached hydrogen (secondary N) is 6. The van der Waals surface area contributed by atoms with Crippen LogP contribution in [0.2, 0.25) is 0 Å². The van der Waals surface area contributed by atoms with Gasteiger partial charge in [0.05, 0.1) is 18.1 Å². The maximum absolute atomic E-state index is 14.1. The maximum atomic E-state index is 14.1. The van der Waals surface area contributed by atoms with Crippen LogP contribution in [0.15, 0.2) is 30.5 Å². The number of aromatic nitrogens is 1. The maximum Gasteiger partial charge on any atom is 0.323 e. The van der Waals surface area contributed by atoms with Gasteiger partial charge in [0.15, 0.2) is 0 Å². The number of carboxylic acids is 1. The Labute approximate surface area is 360 Å². The van der Waals surface area contributed by atoms with E-state index in [2.05, 4.69) is 31.6 Å². The Bertz CT molecular complexity index is 1800. The molecule has 61 heavy (non-hydrogen) atoms. The fraction of sp³-hybridized carbons (Fsp3) is 0.634. The summed E-state index contributed by atoms with van der Waals surface area (Å²) in [5, 5.41) is 24.9. The van der Waals surface area contributed by atoms with Crippen molar-refractivity contribution >= 4 is 64.2 Å². The number of amides is 7. The molecule has 2 aliphatic rings. The number of thioether (sulfide) groups is 1. The quantitative estimate of drug-likeness (QED) is 0.0398. The zero-order chi connectivity index (χ0) is 44.3. The van der Waals surface area contributed by atoms with Crippen LogP contribution in [0.25, 0.3) is 10.9 Å². The number of nitrogens with two attached hydrogens (primary N) is 4. The second-order valence-corrected chi connectivity index (χ2v) is 17.1. The third kappa shape index (κ3) is 15.0. The molecule has 2 aliphatic heterocycles. The number of H-pyrrole nitrogens is 1. The number of hydrogen-bond donors (Lipinski definition) is 11. The zero-order valence-corrected chi connectivity index (χ0v) is 35.6. The standard InChI is InChI=1S/C41H65N11O8S/c42-18-8-5-13-29(47-37(56)27(45)21-25-22-46-28-12-2-1-11-26(25)28)38(57)48-30(14-6-9-19-43)39(58)49-31(15-7-10-20-44)40(59)52(23-35(54)55)34(53)17-4-3-16-33-36-32(24-61-33)50-41(60)51-36/h1-2,11-12,22,27,29-33,36,46H,3-10,13-21,23-24,42-45H2,(H,47,56)(H,48,57)(H,49,58)(H,54,55)(H2,50,51,60)/t27-,29-,30-,31-,32-,33-,36-/m0/s1. The van der Waals surface area contributed by atoms with Crippen LogP contribution in [0.1, 0.15) is 89.0 Å². The predicted molar refractivity (Wildman–Crippen MR) is 233 cm³/mol. The lowest BCUT2D eigenvalue weighted by Crippen LogP contribution is -2.58. The van der Waals surface area contributed by atoms with Gasteiger partial charge < -0.3 is 59.6 Å². The highest BCUT2D eigenvalue weighted by molar-refractivity contribution is 8.00. The number of carbonyl (C=O) groups excluding carboxylic acids is 6. The van der Waals surface area contributed by atoms with Crippen molar-refractivity contribution in [2.45, 2.75) is 131 Å². The van der Waals surface area contributed by atoms with E-state index < -0.39 is 66.2 Å². The van der Waals surface area contributed by atoms with Gasteiger partial charge >= 0.3 is 12.0 Å². The van der Waals surface area contributed by atoms with Gasteiger partial charge in [-0.2, -0.15) is 11.8 Å². The van der Waals surface area contributed by atoms with E-state index in [0.29, 0.717) is 75.9 Å².